The third kappa shape index (κ3) is 3.88. The number of rotatable bonds is 6. The third-order valence-electron chi connectivity index (χ3n) is 4.53. The van der Waals surface area contributed by atoms with Crippen LogP contribution in [0.25, 0.3) is 22.1 Å². The molecule has 0 atom stereocenters. The minimum Gasteiger partial charge on any atom is -0.468 e. The molecular formula is C20H20N6O3. The van der Waals surface area contributed by atoms with Gasteiger partial charge in [-0.05, 0) is 30.3 Å². The summed E-state index contributed by atoms with van der Waals surface area (Å²) in [4.78, 5) is 40.8. The lowest BCUT2D eigenvalue weighted by Gasteiger charge is -2.15. The highest BCUT2D eigenvalue weighted by molar-refractivity contribution is 5.97. The lowest BCUT2D eigenvalue weighted by Crippen LogP contribution is -2.26. The molecule has 0 aliphatic rings. The van der Waals surface area contributed by atoms with Crippen molar-refractivity contribution >= 4 is 39.9 Å². The highest BCUT2D eigenvalue weighted by Gasteiger charge is 2.15. The Hall–Kier alpha value is -3.88. The summed E-state index contributed by atoms with van der Waals surface area (Å²) in [5.41, 5.74) is 3.71. The van der Waals surface area contributed by atoms with Crippen LogP contribution in [0.5, 0.6) is 0 Å². The van der Waals surface area contributed by atoms with Gasteiger partial charge < -0.3 is 24.9 Å². The van der Waals surface area contributed by atoms with Crippen molar-refractivity contribution in [3.63, 3.8) is 0 Å². The van der Waals surface area contributed by atoms with Crippen molar-refractivity contribution in [2.75, 3.05) is 26.0 Å². The van der Waals surface area contributed by atoms with Gasteiger partial charge in [0.15, 0.2) is 0 Å². The Morgan fingerprint density at radius 1 is 1.07 bits per heavy atom. The maximum absolute atomic E-state index is 12.8. The minimum atomic E-state index is -0.395. The molecule has 0 aliphatic heterocycles. The van der Waals surface area contributed by atoms with Crippen LogP contribution in [0.3, 0.4) is 0 Å². The van der Waals surface area contributed by atoms with Crippen molar-refractivity contribution in [1.82, 2.24) is 24.8 Å². The Morgan fingerprint density at radius 2 is 1.86 bits per heavy atom. The normalized spacial score (nSPS) is 11.0. The van der Waals surface area contributed by atoms with Gasteiger partial charge in [-0.2, -0.15) is 0 Å². The Morgan fingerprint density at radius 3 is 2.66 bits per heavy atom. The molecule has 1 amide bonds. The maximum atomic E-state index is 12.8. The molecule has 0 unspecified atom stereocenters. The van der Waals surface area contributed by atoms with E-state index in [1.54, 1.807) is 30.1 Å². The summed E-state index contributed by atoms with van der Waals surface area (Å²) >= 11 is 0. The van der Waals surface area contributed by atoms with Crippen molar-refractivity contribution in [3.8, 4) is 0 Å². The van der Waals surface area contributed by atoms with E-state index >= 15 is 0 Å². The summed E-state index contributed by atoms with van der Waals surface area (Å²) in [6.07, 6.45) is 0. The van der Waals surface area contributed by atoms with Crippen LogP contribution in [0.2, 0.25) is 0 Å². The molecule has 0 spiro atoms. The third-order valence-corrected chi connectivity index (χ3v) is 4.53. The first-order chi connectivity index (χ1) is 14.0. The van der Waals surface area contributed by atoms with Crippen LogP contribution in [0, 0.1) is 0 Å². The van der Waals surface area contributed by atoms with Gasteiger partial charge in [-0.25, -0.2) is 9.97 Å². The molecule has 3 N–H and O–H groups in total. The molecule has 9 nitrogen and oxygen atoms in total. The number of methoxy groups -OCH3 is 1. The zero-order chi connectivity index (χ0) is 20.4. The second-order valence-electron chi connectivity index (χ2n) is 6.61. The number of amides is 1. The van der Waals surface area contributed by atoms with Crippen LogP contribution in [0.4, 0.5) is 5.95 Å². The standard InChI is InChI=1S/C20H20N6O3/c1-26(11-17-22-13-5-3-4-6-14(13)23-17)19(28)12-7-8-15-16(9-12)25-20(24-15)21-10-18(27)29-2/h3-9H,10-11H2,1-2H3,(H,22,23)(H2,21,24,25). The first-order valence-corrected chi connectivity index (χ1v) is 9.03. The number of imidazole rings is 2. The molecule has 0 fully saturated rings. The molecule has 0 saturated carbocycles. The zero-order valence-electron chi connectivity index (χ0n) is 16.0. The molecule has 2 aromatic heterocycles. The summed E-state index contributed by atoms with van der Waals surface area (Å²) in [5, 5.41) is 2.85. The fourth-order valence-corrected chi connectivity index (χ4v) is 3.05. The number of aromatic nitrogens is 4. The number of para-hydroxylation sites is 2. The van der Waals surface area contributed by atoms with E-state index in [0.29, 0.717) is 23.6 Å². The molecular weight excluding hydrogens is 372 g/mol. The van der Waals surface area contributed by atoms with E-state index < -0.39 is 5.97 Å². The van der Waals surface area contributed by atoms with Crippen molar-refractivity contribution in [1.29, 1.82) is 0 Å². The molecule has 9 heteroatoms. The molecule has 4 rings (SSSR count). The molecule has 4 aromatic rings. The molecule has 2 heterocycles. The summed E-state index contributed by atoms with van der Waals surface area (Å²) in [6, 6.07) is 13.0. The van der Waals surface area contributed by atoms with Gasteiger partial charge in [0.25, 0.3) is 5.91 Å². The lowest BCUT2D eigenvalue weighted by atomic mass is 10.2. The van der Waals surface area contributed by atoms with Crippen molar-refractivity contribution in [3.05, 3.63) is 53.9 Å². The highest BCUT2D eigenvalue weighted by atomic mass is 16.5. The molecule has 0 radical (unpaired) electrons. The SMILES string of the molecule is COC(=O)CNc1nc2cc(C(=O)N(C)Cc3nc4ccccc4[nH]3)ccc2[nH]1. The summed E-state index contributed by atoms with van der Waals surface area (Å²) < 4.78 is 4.59. The topological polar surface area (TPSA) is 116 Å². The Bertz CT molecular complexity index is 1160. The monoisotopic (exact) mass is 392 g/mol. The van der Waals surface area contributed by atoms with Crippen LogP contribution in [0.15, 0.2) is 42.5 Å². The zero-order valence-corrected chi connectivity index (χ0v) is 16.0. The van der Waals surface area contributed by atoms with Crippen LogP contribution in [-0.2, 0) is 16.1 Å². The fourth-order valence-electron chi connectivity index (χ4n) is 3.05. The number of carbonyl (C=O) groups excluding carboxylic acids is 2. The quantitative estimate of drug-likeness (QED) is 0.434. The van der Waals surface area contributed by atoms with E-state index in [9.17, 15) is 9.59 Å². The van der Waals surface area contributed by atoms with Crippen LogP contribution in [-0.4, -0.2) is 57.4 Å². The fraction of sp³-hybridized carbons (Fsp3) is 0.200. The summed E-state index contributed by atoms with van der Waals surface area (Å²) in [7, 11) is 3.05. The average molecular weight is 392 g/mol. The van der Waals surface area contributed by atoms with Crippen molar-refractivity contribution in [2.45, 2.75) is 6.54 Å². The molecule has 2 aromatic carbocycles. The molecule has 29 heavy (non-hydrogen) atoms. The minimum absolute atomic E-state index is 0.00233. The average Bonchev–Trinajstić information content (AvgIpc) is 3.33. The van der Waals surface area contributed by atoms with Gasteiger partial charge in [-0.1, -0.05) is 12.1 Å². The number of nitrogens with one attached hydrogen (secondary N) is 3. The smallest absolute Gasteiger partial charge is 0.325 e. The van der Waals surface area contributed by atoms with E-state index in [2.05, 4.69) is 30.0 Å². The number of anilines is 1. The number of nitrogens with zero attached hydrogens (tertiary/aromatic N) is 3. The molecule has 0 aliphatic carbocycles. The van der Waals surface area contributed by atoms with E-state index in [-0.39, 0.29) is 12.5 Å². The van der Waals surface area contributed by atoms with E-state index in [1.165, 1.54) is 7.11 Å². The van der Waals surface area contributed by atoms with Crippen molar-refractivity contribution in [2.24, 2.45) is 0 Å². The van der Waals surface area contributed by atoms with Gasteiger partial charge in [-0.3, -0.25) is 9.59 Å². The second kappa shape index (κ2) is 7.63. The number of esters is 1. The summed E-state index contributed by atoms with van der Waals surface area (Å²) in [5.74, 6) is 0.621. The number of ether oxygens (including phenoxy) is 1. The van der Waals surface area contributed by atoms with Gasteiger partial charge in [-0.15, -0.1) is 0 Å². The predicted octanol–water partition coefficient (Wildman–Crippen LogP) is 2.30. The number of benzene rings is 2. The Balaban J connectivity index is 1.48. The number of H-pyrrole nitrogens is 2. The Kier molecular flexibility index (Phi) is 4.86. The van der Waals surface area contributed by atoms with Gasteiger partial charge in [0.1, 0.15) is 12.4 Å². The van der Waals surface area contributed by atoms with E-state index in [1.807, 2.05) is 24.3 Å². The first kappa shape index (κ1) is 18.5. The van der Waals surface area contributed by atoms with Crippen LogP contribution in [0.1, 0.15) is 16.2 Å². The number of hydrogen-bond donors (Lipinski definition) is 3. The van der Waals surface area contributed by atoms with Gasteiger partial charge in [0, 0.05) is 12.6 Å². The highest BCUT2D eigenvalue weighted by Crippen LogP contribution is 2.18. The van der Waals surface area contributed by atoms with Gasteiger partial charge in [0.2, 0.25) is 5.95 Å². The van der Waals surface area contributed by atoms with E-state index in [0.717, 1.165) is 22.4 Å². The molecule has 0 saturated heterocycles. The number of carbonyl (C=O) groups is 2. The Labute approximate surface area is 166 Å². The van der Waals surface area contributed by atoms with Gasteiger partial charge >= 0.3 is 5.97 Å². The maximum Gasteiger partial charge on any atom is 0.325 e. The van der Waals surface area contributed by atoms with Gasteiger partial charge in [0.05, 0.1) is 35.7 Å². The number of fused-ring (bicyclic) bond motifs is 2. The number of hydrogen-bond acceptors (Lipinski definition) is 6. The van der Waals surface area contributed by atoms with E-state index in [4.69, 9.17) is 0 Å². The molecule has 0 bridgehead atoms. The predicted molar refractivity (Wildman–Crippen MR) is 108 cm³/mol. The second-order valence-corrected chi connectivity index (χ2v) is 6.61. The molecule has 148 valence electrons. The van der Waals surface area contributed by atoms with Crippen LogP contribution < -0.4 is 5.32 Å². The largest absolute Gasteiger partial charge is 0.468 e. The van der Waals surface area contributed by atoms with Crippen LogP contribution >= 0.6 is 0 Å². The first-order valence-electron chi connectivity index (χ1n) is 9.03. The number of aromatic amines is 2. The van der Waals surface area contributed by atoms with Crippen molar-refractivity contribution < 1.29 is 14.3 Å². The summed E-state index contributed by atoms with van der Waals surface area (Å²) in [6.45, 7) is 0.362. The lowest BCUT2D eigenvalue weighted by molar-refractivity contribution is -0.138.